The highest BCUT2D eigenvalue weighted by Crippen LogP contribution is 2.26. The van der Waals surface area contributed by atoms with Crippen LogP contribution in [-0.4, -0.2) is 17.8 Å². The Hall–Kier alpha value is -3.74. The Morgan fingerprint density at radius 3 is 2.24 bits per heavy atom. The van der Waals surface area contributed by atoms with E-state index in [0.29, 0.717) is 29.4 Å². The molecule has 0 amide bonds. The zero-order chi connectivity index (χ0) is 27.1. The van der Waals surface area contributed by atoms with E-state index in [2.05, 4.69) is 22.4 Å². The Balaban J connectivity index is 1.37. The van der Waals surface area contributed by atoms with E-state index in [1.54, 1.807) is 12.1 Å². The first-order chi connectivity index (χ1) is 18.2. The first-order valence-corrected chi connectivity index (χ1v) is 12.4. The SMILES string of the molecule is C=CCCc1ccc(CCc2ccc3c(F)c(CCc4ccc(OCC(F)(F)F)c(F)c4)ccc3c2)nc1. The molecular formula is C31H28F5NO. The molecule has 0 aliphatic rings. The molecule has 4 aromatic rings. The third kappa shape index (κ3) is 7.40. The van der Waals surface area contributed by atoms with Gasteiger partial charge in [0.25, 0.3) is 0 Å². The fraction of sp³-hybridized carbons (Fsp3) is 0.258. The molecule has 3 aromatic carbocycles. The van der Waals surface area contributed by atoms with E-state index in [1.807, 2.05) is 36.5 Å². The molecule has 0 saturated carbocycles. The van der Waals surface area contributed by atoms with Gasteiger partial charge in [-0.1, -0.05) is 48.5 Å². The third-order valence-electron chi connectivity index (χ3n) is 6.36. The number of nitrogens with zero attached hydrogens (tertiary/aromatic N) is 1. The Morgan fingerprint density at radius 2 is 1.53 bits per heavy atom. The lowest BCUT2D eigenvalue weighted by Crippen LogP contribution is -2.19. The lowest BCUT2D eigenvalue weighted by molar-refractivity contribution is -0.153. The maximum Gasteiger partial charge on any atom is 0.422 e. The Kier molecular flexibility index (Phi) is 8.77. The van der Waals surface area contributed by atoms with Gasteiger partial charge in [0, 0.05) is 17.3 Å². The van der Waals surface area contributed by atoms with Crippen molar-refractivity contribution < 1.29 is 26.7 Å². The molecule has 0 unspecified atom stereocenters. The van der Waals surface area contributed by atoms with Crippen molar-refractivity contribution in [2.24, 2.45) is 0 Å². The molecule has 2 nitrogen and oxygen atoms in total. The monoisotopic (exact) mass is 525 g/mol. The molecule has 0 N–H and O–H groups in total. The molecule has 0 bridgehead atoms. The molecule has 38 heavy (non-hydrogen) atoms. The van der Waals surface area contributed by atoms with Gasteiger partial charge in [-0.2, -0.15) is 13.2 Å². The predicted octanol–water partition coefficient (Wildman–Crippen LogP) is 8.14. The zero-order valence-electron chi connectivity index (χ0n) is 20.8. The van der Waals surface area contributed by atoms with Gasteiger partial charge >= 0.3 is 6.18 Å². The number of pyridine rings is 1. The van der Waals surface area contributed by atoms with E-state index < -0.39 is 24.3 Å². The van der Waals surface area contributed by atoms with Gasteiger partial charge in [0.05, 0.1) is 0 Å². The highest BCUT2D eigenvalue weighted by Gasteiger charge is 2.29. The maximum absolute atomic E-state index is 15.2. The van der Waals surface area contributed by atoms with Crippen LogP contribution in [0, 0.1) is 11.6 Å². The van der Waals surface area contributed by atoms with Crippen molar-refractivity contribution in [3.8, 4) is 5.75 Å². The quantitative estimate of drug-likeness (QED) is 0.146. The average molecular weight is 526 g/mol. The standard InChI is InChI=1S/C31H28F5NO/c1-2-3-4-23-7-14-26(37-19-23)13-6-21-8-15-27-25(17-21)12-11-24(30(27)33)10-5-22-9-16-29(28(32)18-22)38-20-31(34,35)36/h2,7-9,11-12,14-19H,1,3-6,10,13,20H2. The number of hydrogen-bond acceptors (Lipinski definition) is 2. The number of benzene rings is 3. The van der Waals surface area contributed by atoms with Crippen LogP contribution in [0.2, 0.25) is 0 Å². The van der Waals surface area contributed by atoms with Gasteiger partial charge in [0.2, 0.25) is 0 Å². The molecule has 0 aliphatic carbocycles. The molecule has 0 saturated heterocycles. The number of hydrogen-bond donors (Lipinski definition) is 0. The van der Waals surface area contributed by atoms with Gasteiger partial charge in [-0.15, -0.1) is 6.58 Å². The summed E-state index contributed by atoms with van der Waals surface area (Å²) in [6, 6.07) is 17.2. The Labute approximate surface area is 218 Å². The summed E-state index contributed by atoms with van der Waals surface area (Å²) in [5, 5.41) is 1.31. The number of fused-ring (bicyclic) bond motifs is 1. The summed E-state index contributed by atoms with van der Waals surface area (Å²) < 4.78 is 70.7. The van der Waals surface area contributed by atoms with E-state index in [4.69, 9.17) is 0 Å². The maximum atomic E-state index is 15.2. The first kappa shape index (κ1) is 27.3. The molecule has 0 spiro atoms. The van der Waals surface area contributed by atoms with Crippen molar-refractivity contribution in [3.05, 3.63) is 119 Å². The molecule has 198 valence electrons. The van der Waals surface area contributed by atoms with Crippen molar-refractivity contribution >= 4 is 10.8 Å². The van der Waals surface area contributed by atoms with E-state index in [9.17, 15) is 17.6 Å². The van der Waals surface area contributed by atoms with Crippen LogP contribution >= 0.6 is 0 Å². The van der Waals surface area contributed by atoms with E-state index in [-0.39, 0.29) is 5.82 Å². The summed E-state index contributed by atoms with van der Waals surface area (Å²) in [5.74, 6) is -1.66. The normalized spacial score (nSPS) is 11.6. The van der Waals surface area contributed by atoms with Gasteiger partial charge in [-0.05, 0) is 84.4 Å². The second-order valence-corrected chi connectivity index (χ2v) is 9.25. The minimum absolute atomic E-state index is 0.320. The number of aryl methyl sites for hydroxylation is 5. The minimum atomic E-state index is -4.55. The number of rotatable bonds is 11. The van der Waals surface area contributed by atoms with Crippen molar-refractivity contribution in [2.75, 3.05) is 6.61 Å². The van der Waals surface area contributed by atoms with E-state index in [1.165, 1.54) is 17.7 Å². The average Bonchev–Trinajstić information content (AvgIpc) is 2.90. The summed E-state index contributed by atoms with van der Waals surface area (Å²) in [7, 11) is 0. The van der Waals surface area contributed by atoms with Crippen LogP contribution in [0.4, 0.5) is 22.0 Å². The number of allylic oxidation sites excluding steroid dienone is 1. The lowest BCUT2D eigenvalue weighted by atomic mass is 9.97. The zero-order valence-corrected chi connectivity index (χ0v) is 20.8. The molecule has 0 radical (unpaired) electrons. The van der Waals surface area contributed by atoms with Crippen LogP contribution in [-0.2, 0) is 32.1 Å². The van der Waals surface area contributed by atoms with Crippen molar-refractivity contribution in [2.45, 2.75) is 44.7 Å². The highest BCUT2D eigenvalue weighted by molar-refractivity contribution is 5.84. The van der Waals surface area contributed by atoms with Crippen LogP contribution < -0.4 is 4.74 Å². The summed E-state index contributed by atoms with van der Waals surface area (Å²) in [5.41, 5.74) is 4.31. The van der Waals surface area contributed by atoms with Crippen LogP contribution in [0.5, 0.6) is 5.75 Å². The lowest BCUT2D eigenvalue weighted by Gasteiger charge is -2.11. The molecule has 1 heterocycles. The number of ether oxygens (including phenoxy) is 1. The van der Waals surface area contributed by atoms with Gasteiger partial charge in [-0.25, -0.2) is 8.78 Å². The first-order valence-electron chi connectivity index (χ1n) is 12.4. The van der Waals surface area contributed by atoms with Crippen LogP contribution in [0.1, 0.15) is 34.4 Å². The molecule has 1 aromatic heterocycles. The summed E-state index contributed by atoms with van der Waals surface area (Å²) >= 11 is 0. The largest absolute Gasteiger partial charge is 0.481 e. The fourth-order valence-corrected chi connectivity index (χ4v) is 4.28. The Morgan fingerprint density at radius 1 is 0.789 bits per heavy atom. The smallest absolute Gasteiger partial charge is 0.422 e. The highest BCUT2D eigenvalue weighted by atomic mass is 19.4. The minimum Gasteiger partial charge on any atom is -0.481 e. The van der Waals surface area contributed by atoms with Crippen molar-refractivity contribution in [3.63, 3.8) is 0 Å². The fourth-order valence-electron chi connectivity index (χ4n) is 4.28. The van der Waals surface area contributed by atoms with Gasteiger partial charge < -0.3 is 4.74 Å². The second-order valence-electron chi connectivity index (χ2n) is 9.25. The summed E-state index contributed by atoms with van der Waals surface area (Å²) in [4.78, 5) is 4.54. The molecule has 0 atom stereocenters. The molecule has 4 rings (SSSR count). The van der Waals surface area contributed by atoms with Gasteiger partial charge in [0.1, 0.15) is 5.82 Å². The van der Waals surface area contributed by atoms with Crippen LogP contribution in [0.15, 0.2) is 79.5 Å². The summed E-state index contributed by atoms with van der Waals surface area (Å²) in [6.07, 6.45) is 3.31. The molecule has 7 heteroatoms. The Bertz CT molecular complexity index is 1400. The van der Waals surface area contributed by atoms with Crippen molar-refractivity contribution in [1.82, 2.24) is 4.98 Å². The van der Waals surface area contributed by atoms with Gasteiger partial charge in [0.15, 0.2) is 18.2 Å². The molecule has 0 aliphatic heterocycles. The number of alkyl halides is 3. The number of halogens is 5. The van der Waals surface area contributed by atoms with E-state index in [0.717, 1.165) is 48.4 Å². The third-order valence-corrected chi connectivity index (χ3v) is 6.36. The van der Waals surface area contributed by atoms with E-state index >= 15 is 4.39 Å². The second kappa shape index (κ2) is 12.2. The molecular weight excluding hydrogens is 497 g/mol. The van der Waals surface area contributed by atoms with Crippen molar-refractivity contribution in [1.29, 1.82) is 0 Å². The van der Waals surface area contributed by atoms with Crippen LogP contribution in [0.25, 0.3) is 10.8 Å². The van der Waals surface area contributed by atoms with Crippen LogP contribution in [0.3, 0.4) is 0 Å². The number of aromatic nitrogens is 1. The topological polar surface area (TPSA) is 22.1 Å². The predicted molar refractivity (Wildman–Crippen MR) is 139 cm³/mol. The summed E-state index contributed by atoms with van der Waals surface area (Å²) in [6.45, 7) is 2.18. The molecule has 0 fully saturated rings. The van der Waals surface area contributed by atoms with Gasteiger partial charge in [-0.3, -0.25) is 4.98 Å².